The highest BCUT2D eigenvalue weighted by Crippen LogP contribution is 2.51. The van der Waals surface area contributed by atoms with Gasteiger partial charge < -0.3 is 34.6 Å². The number of carbonyl (C=O) groups excluding carboxylic acids is 3. The molecule has 10 nitrogen and oxygen atoms in total. The minimum absolute atomic E-state index is 0.0451. The standard InChI is InChI=1S/C27H36N2O8/c1-15(2)36-10-4-8-29(27(34)17-5-6-17)20-13-19(26(33)28-7-9-30)22-18-11-16(14-31)12-21(35-3)24(18)37-25(22)23(20)32/h11-15,17,20,22-23,25,30,32H,4-10H2,1-3H3,(H,28,33)/t20-,22+,23+,25+/m1/s1. The van der Waals surface area contributed by atoms with Gasteiger partial charge in [0.15, 0.2) is 11.5 Å². The number of methoxy groups -OCH3 is 1. The number of hydrogen-bond donors (Lipinski definition) is 3. The van der Waals surface area contributed by atoms with Crippen LogP contribution in [-0.4, -0.2) is 91.0 Å². The third-order valence-corrected chi connectivity index (χ3v) is 6.97. The van der Waals surface area contributed by atoms with Gasteiger partial charge in [-0.25, -0.2) is 0 Å². The Morgan fingerprint density at radius 2 is 2.05 bits per heavy atom. The average molecular weight is 517 g/mol. The second-order valence-electron chi connectivity index (χ2n) is 9.98. The van der Waals surface area contributed by atoms with Gasteiger partial charge in [0.05, 0.1) is 31.8 Å². The van der Waals surface area contributed by atoms with Crippen molar-refractivity contribution in [1.29, 1.82) is 0 Å². The lowest BCUT2D eigenvalue weighted by molar-refractivity contribution is -0.138. The van der Waals surface area contributed by atoms with Gasteiger partial charge >= 0.3 is 0 Å². The summed E-state index contributed by atoms with van der Waals surface area (Å²) in [4.78, 5) is 39.9. The lowest BCUT2D eigenvalue weighted by Gasteiger charge is -2.41. The number of benzene rings is 1. The summed E-state index contributed by atoms with van der Waals surface area (Å²) in [7, 11) is 1.45. The lowest BCUT2D eigenvalue weighted by atomic mass is 9.77. The molecule has 2 amide bonds. The van der Waals surface area contributed by atoms with Crippen molar-refractivity contribution >= 4 is 18.1 Å². The van der Waals surface area contributed by atoms with Crippen molar-refractivity contribution in [3.05, 3.63) is 34.9 Å². The van der Waals surface area contributed by atoms with Crippen LogP contribution in [0.15, 0.2) is 23.8 Å². The smallest absolute Gasteiger partial charge is 0.247 e. The van der Waals surface area contributed by atoms with E-state index in [4.69, 9.17) is 14.2 Å². The van der Waals surface area contributed by atoms with Gasteiger partial charge in [0.1, 0.15) is 18.5 Å². The SMILES string of the molecule is COc1cc(C=O)cc2c1O[C@@H]1[C@@H](O)[C@H](N(CCCOC(C)C)C(=O)C3CC3)C=C(C(=O)NCCO)[C@H]21. The van der Waals surface area contributed by atoms with Crippen molar-refractivity contribution in [3.8, 4) is 11.5 Å². The van der Waals surface area contributed by atoms with E-state index in [1.807, 2.05) is 13.8 Å². The van der Waals surface area contributed by atoms with Crippen LogP contribution in [0.3, 0.4) is 0 Å². The predicted octanol–water partition coefficient (Wildman–Crippen LogP) is 1.18. The number of aliphatic hydroxyl groups is 2. The van der Waals surface area contributed by atoms with E-state index in [1.54, 1.807) is 23.1 Å². The van der Waals surface area contributed by atoms with Gasteiger partial charge in [-0.3, -0.25) is 14.4 Å². The first kappa shape index (κ1) is 27.1. The van der Waals surface area contributed by atoms with Gasteiger partial charge in [-0.2, -0.15) is 0 Å². The van der Waals surface area contributed by atoms with E-state index in [0.29, 0.717) is 54.1 Å². The molecular weight excluding hydrogens is 480 g/mol. The second kappa shape index (κ2) is 11.6. The van der Waals surface area contributed by atoms with Crippen LogP contribution in [0.5, 0.6) is 11.5 Å². The number of ether oxygens (including phenoxy) is 3. The van der Waals surface area contributed by atoms with Gasteiger partial charge in [0.2, 0.25) is 11.8 Å². The summed E-state index contributed by atoms with van der Waals surface area (Å²) in [5, 5.41) is 23.5. The monoisotopic (exact) mass is 516 g/mol. The maximum Gasteiger partial charge on any atom is 0.247 e. The highest BCUT2D eigenvalue weighted by Gasteiger charge is 2.52. The molecule has 4 rings (SSSR count). The molecule has 0 aromatic heterocycles. The first-order valence-electron chi connectivity index (χ1n) is 12.8. The lowest BCUT2D eigenvalue weighted by Crippen LogP contribution is -2.56. The fourth-order valence-corrected chi connectivity index (χ4v) is 5.08. The van der Waals surface area contributed by atoms with E-state index < -0.39 is 30.1 Å². The molecule has 1 heterocycles. The van der Waals surface area contributed by atoms with E-state index in [9.17, 15) is 24.6 Å². The van der Waals surface area contributed by atoms with Gasteiger partial charge in [-0.05, 0) is 51.3 Å². The largest absolute Gasteiger partial charge is 0.493 e. The number of nitrogens with zero attached hydrogens (tertiary/aromatic N) is 1. The van der Waals surface area contributed by atoms with E-state index in [0.717, 1.165) is 12.8 Å². The number of rotatable bonds is 12. The quantitative estimate of drug-likeness (QED) is 0.279. The maximum absolute atomic E-state index is 13.3. The van der Waals surface area contributed by atoms with Crippen LogP contribution in [-0.2, 0) is 14.3 Å². The number of aldehydes is 1. The summed E-state index contributed by atoms with van der Waals surface area (Å²) in [5.74, 6) is -0.591. The molecule has 2 aliphatic carbocycles. The number of amides is 2. The molecule has 3 aliphatic rings. The summed E-state index contributed by atoms with van der Waals surface area (Å²) in [5.41, 5.74) is 1.21. The Bertz CT molecular complexity index is 1050. The van der Waals surface area contributed by atoms with Crippen LogP contribution in [0.1, 0.15) is 54.9 Å². The second-order valence-corrected chi connectivity index (χ2v) is 9.98. The molecular formula is C27H36N2O8. The third-order valence-electron chi connectivity index (χ3n) is 6.97. The maximum atomic E-state index is 13.3. The van der Waals surface area contributed by atoms with Gasteiger partial charge in [-0.1, -0.05) is 0 Å². The number of nitrogens with one attached hydrogen (secondary N) is 1. The zero-order valence-electron chi connectivity index (χ0n) is 21.5. The zero-order chi connectivity index (χ0) is 26.7. The Balaban J connectivity index is 1.72. The molecule has 0 radical (unpaired) electrons. The van der Waals surface area contributed by atoms with Crippen LogP contribution >= 0.6 is 0 Å². The summed E-state index contributed by atoms with van der Waals surface area (Å²) in [6, 6.07) is 2.38. The normalized spacial score (nSPS) is 24.0. The van der Waals surface area contributed by atoms with Gasteiger partial charge in [0, 0.05) is 42.3 Å². The predicted molar refractivity (Wildman–Crippen MR) is 134 cm³/mol. The molecule has 202 valence electrons. The Hall–Kier alpha value is -2.95. The molecule has 37 heavy (non-hydrogen) atoms. The molecule has 0 saturated heterocycles. The van der Waals surface area contributed by atoms with Crippen molar-refractivity contribution in [3.63, 3.8) is 0 Å². The Labute approximate surface area is 216 Å². The zero-order valence-corrected chi connectivity index (χ0v) is 21.5. The van der Waals surface area contributed by atoms with Crippen LogP contribution < -0.4 is 14.8 Å². The molecule has 4 atom stereocenters. The molecule has 1 aromatic carbocycles. The van der Waals surface area contributed by atoms with Crippen molar-refractivity contribution < 1.29 is 38.8 Å². The van der Waals surface area contributed by atoms with Crippen molar-refractivity contribution in [2.45, 2.75) is 63.4 Å². The summed E-state index contributed by atoms with van der Waals surface area (Å²) >= 11 is 0. The average Bonchev–Trinajstić information content (AvgIpc) is 3.67. The first-order chi connectivity index (χ1) is 17.8. The molecule has 10 heteroatoms. The van der Waals surface area contributed by atoms with E-state index in [1.165, 1.54) is 7.11 Å². The Morgan fingerprint density at radius 1 is 1.30 bits per heavy atom. The highest BCUT2D eigenvalue weighted by atomic mass is 16.5. The van der Waals surface area contributed by atoms with Gasteiger partial charge in [-0.15, -0.1) is 0 Å². The highest BCUT2D eigenvalue weighted by molar-refractivity contribution is 5.96. The first-order valence-corrected chi connectivity index (χ1v) is 12.8. The molecule has 0 unspecified atom stereocenters. The van der Waals surface area contributed by atoms with E-state index in [-0.39, 0.29) is 31.1 Å². The van der Waals surface area contributed by atoms with E-state index >= 15 is 0 Å². The number of aliphatic hydroxyl groups excluding tert-OH is 2. The molecule has 1 aromatic rings. The number of carbonyl (C=O) groups is 3. The van der Waals surface area contributed by atoms with Crippen molar-refractivity contribution in [1.82, 2.24) is 10.2 Å². The Morgan fingerprint density at radius 3 is 2.68 bits per heavy atom. The minimum Gasteiger partial charge on any atom is -0.493 e. The van der Waals surface area contributed by atoms with Crippen LogP contribution in [0.2, 0.25) is 0 Å². The summed E-state index contributed by atoms with van der Waals surface area (Å²) in [6.45, 7) is 4.51. The molecule has 1 aliphatic heterocycles. The number of fused-ring (bicyclic) bond motifs is 3. The Kier molecular flexibility index (Phi) is 8.51. The summed E-state index contributed by atoms with van der Waals surface area (Å²) in [6.07, 6.45) is 2.55. The van der Waals surface area contributed by atoms with Gasteiger partial charge in [0.25, 0.3) is 0 Å². The fraction of sp³-hybridized carbons (Fsp3) is 0.593. The van der Waals surface area contributed by atoms with Crippen LogP contribution in [0.4, 0.5) is 0 Å². The molecule has 0 spiro atoms. The molecule has 1 saturated carbocycles. The topological polar surface area (TPSA) is 135 Å². The fourth-order valence-electron chi connectivity index (χ4n) is 5.08. The third kappa shape index (κ3) is 5.66. The molecule has 3 N–H and O–H groups in total. The molecule has 0 bridgehead atoms. The summed E-state index contributed by atoms with van der Waals surface area (Å²) < 4.78 is 17.3. The van der Waals surface area contributed by atoms with Crippen LogP contribution in [0.25, 0.3) is 0 Å². The number of hydrogen-bond acceptors (Lipinski definition) is 8. The van der Waals surface area contributed by atoms with E-state index in [2.05, 4.69) is 5.32 Å². The minimum atomic E-state index is -1.13. The van der Waals surface area contributed by atoms with Crippen LogP contribution in [0, 0.1) is 5.92 Å². The van der Waals surface area contributed by atoms with Crippen molar-refractivity contribution in [2.24, 2.45) is 5.92 Å². The molecule has 1 fully saturated rings. The van der Waals surface area contributed by atoms with Crippen molar-refractivity contribution in [2.75, 3.05) is 33.4 Å².